The van der Waals surface area contributed by atoms with Gasteiger partial charge in [-0.25, -0.2) is 0 Å². The Bertz CT molecular complexity index is 219. The summed E-state index contributed by atoms with van der Waals surface area (Å²) in [5, 5.41) is 13.5. The van der Waals surface area contributed by atoms with Gasteiger partial charge >= 0.3 is 0 Å². The van der Waals surface area contributed by atoms with Crippen LogP contribution in [0.4, 0.5) is 0 Å². The van der Waals surface area contributed by atoms with Crippen molar-refractivity contribution in [2.24, 2.45) is 11.8 Å². The molecule has 0 aliphatic heterocycles. The molecule has 2 saturated carbocycles. The second-order valence-electron chi connectivity index (χ2n) is 6.15. The molecule has 2 aliphatic carbocycles. The lowest BCUT2D eigenvalue weighted by Crippen LogP contribution is -2.35. The van der Waals surface area contributed by atoms with Crippen LogP contribution in [0.15, 0.2) is 0 Å². The zero-order chi connectivity index (χ0) is 12.1. The standard InChI is InChI=1S/C15H29NO/c1-2-12-5-3-7-14(10-9-12)16-11-13-6-4-8-15(13)17/h12-17H,2-11H2,1H3. The Kier molecular flexibility index (Phi) is 5.30. The van der Waals surface area contributed by atoms with E-state index in [-0.39, 0.29) is 6.10 Å². The molecule has 0 aromatic heterocycles. The van der Waals surface area contributed by atoms with Crippen LogP contribution in [0.25, 0.3) is 0 Å². The van der Waals surface area contributed by atoms with Crippen LogP contribution in [-0.4, -0.2) is 23.8 Å². The molecular formula is C15H29NO. The number of hydrogen-bond donors (Lipinski definition) is 2. The van der Waals surface area contributed by atoms with E-state index in [1.165, 1.54) is 51.4 Å². The largest absolute Gasteiger partial charge is 0.393 e. The maximum atomic E-state index is 9.81. The molecule has 2 aliphatic rings. The Labute approximate surface area is 106 Å². The second-order valence-corrected chi connectivity index (χ2v) is 6.15. The summed E-state index contributed by atoms with van der Waals surface area (Å²) < 4.78 is 0. The highest BCUT2D eigenvalue weighted by molar-refractivity contribution is 4.81. The highest BCUT2D eigenvalue weighted by Crippen LogP contribution is 2.27. The molecule has 4 atom stereocenters. The molecule has 0 heterocycles. The molecule has 2 fully saturated rings. The van der Waals surface area contributed by atoms with Crippen molar-refractivity contribution in [3.05, 3.63) is 0 Å². The van der Waals surface area contributed by atoms with Gasteiger partial charge in [-0.15, -0.1) is 0 Å². The van der Waals surface area contributed by atoms with Crippen LogP contribution in [0, 0.1) is 11.8 Å². The smallest absolute Gasteiger partial charge is 0.0580 e. The molecule has 2 heteroatoms. The first-order chi connectivity index (χ1) is 8.29. The number of rotatable bonds is 4. The Morgan fingerprint density at radius 1 is 1.00 bits per heavy atom. The molecule has 0 bridgehead atoms. The lowest BCUT2D eigenvalue weighted by molar-refractivity contribution is 0.129. The molecule has 0 amide bonds. The van der Waals surface area contributed by atoms with Crippen molar-refractivity contribution in [2.75, 3.05) is 6.54 Å². The number of hydrogen-bond acceptors (Lipinski definition) is 2. The first kappa shape index (κ1) is 13.4. The van der Waals surface area contributed by atoms with E-state index in [9.17, 15) is 5.11 Å². The van der Waals surface area contributed by atoms with Gasteiger partial charge in [0.2, 0.25) is 0 Å². The fraction of sp³-hybridized carbons (Fsp3) is 1.00. The molecule has 0 aromatic carbocycles. The van der Waals surface area contributed by atoms with E-state index in [1.54, 1.807) is 0 Å². The van der Waals surface area contributed by atoms with E-state index < -0.39 is 0 Å². The Morgan fingerprint density at radius 2 is 1.82 bits per heavy atom. The summed E-state index contributed by atoms with van der Waals surface area (Å²) in [5.74, 6) is 1.50. The van der Waals surface area contributed by atoms with E-state index in [0.717, 1.165) is 24.9 Å². The van der Waals surface area contributed by atoms with Crippen LogP contribution < -0.4 is 5.32 Å². The SMILES string of the molecule is CCC1CCCC(NCC2CCCC2O)CC1. The topological polar surface area (TPSA) is 32.3 Å². The lowest BCUT2D eigenvalue weighted by Gasteiger charge is -2.21. The maximum absolute atomic E-state index is 9.81. The van der Waals surface area contributed by atoms with Crippen LogP contribution in [0.3, 0.4) is 0 Å². The van der Waals surface area contributed by atoms with Crippen molar-refractivity contribution in [3.63, 3.8) is 0 Å². The van der Waals surface area contributed by atoms with Crippen molar-refractivity contribution < 1.29 is 5.11 Å². The number of aliphatic hydroxyl groups excluding tert-OH is 1. The van der Waals surface area contributed by atoms with Gasteiger partial charge in [0.15, 0.2) is 0 Å². The third kappa shape index (κ3) is 3.96. The fourth-order valence-corrected chi connectivity index (χ4v) is 3.56. The van der Waals surface area contributed by atoms with E-state index >= 15 is 0 Å². The quantitative estimate of drug-likeness (QED) is 0.739. The molecule has 2 rings (SSSR count). The Morgan fingerprint density at radius 3 is 2.53 bits per heavy atom. The molecule has 0 radical (unpaired) electrons. The molecule has 0 aromatic rings. The van der Waals surface area contributed by atoms with Crippen molar-refractivity contribution in [1.29, 1.82) is 0 Å². The first-order valence-electron chi connectivity index (χ1n) is 7.71. The summed E-state index contributed by atoms with van der Waals surface area (Å²) in [7, 11) is 0. The van der Waals surface area contributed by atoms with Gasteiger partial charge in [-0.2, -0.15) is 0 Å². The molecule has 4 unspecified atom stereocenters. The normalized spacial score (nSPS) is 39.2. The molecule has 0 saturated heterocycles. The van der Waals surface area contributed by atoms with Crippen molar-refractivity contribution in [2.45, 2.75) is 76.9 Å². The van der Waals surface area contributed by atoms with Crippen LogP contribution in [0.1, 0.15) is 64.7 Å². The zero-order valence-electron chi connectivity index (χ0n) is 11.3. The monoisotopic (exact) mass is 239 g/mol. The third-order valence-electron chi connectivity index (χ3n) is 4.95. The predicted molar refractivity (Wildman–Crippen MR) is 72.0 cm³/mol. The van der Waals surface area contributed by atoms with Crippen molar-refractivity contribution in [1.82, 2.24) is 5.32 Å². The maximum Gasteiger partial charge on any atom is 0.0580 e. The van der Waals surface area contributed by atoms with E-state index in [1.807, 2.05) is 0 Å². The lowest BCUT2D eigenvalue weighted by atomic mass is 9.97. The van der Waals surface area contributed by atoms with Crippen LogP contribution in [-0.2, 0) is 0 Å². The molecular weight excluding hydrogens is 210 g/mol. The molecule has 100 valence electrons. The van der Waals surface area contributed by atoms with Gasteiger partial charge in [-0.1, -0.05) is 32.6 Å². The number of nitrogens with one attached hydrogen (secondary N) is 1. The molecule has 0 spiro atoms. The fourth-order valence-electron chi connectivity index (χ4n) is 3.56. The summed E-state index contributed by atoms with van der Waals surface area (Å²) in [5.41, 5.74) is 0. The van der Waals surface area contributed by atoms with Gasteiger partial charge < -0.3 is 10.4 Å². The molecule has 17 heavy (non-hydrogen) atoms. The van der Waals surface area contributed by atoms with Crippen molar-refractivity contribution >= 4 is 0 Å². The number of aliphatic hydroxyl groups is 1. The summed E-state index contributed by atoms with van der Waals surface area (Å²) in [6.07, 6.45) is 11.7. The second kappa shape index (κ2) is 6.75. The van der Waals surface area contributed by atoms with Gasteiger partial charge in [0.25, 0.3) is 0 Å². The zero-order valence-corrected chi connectivity index (χ0v) is 11.3. The third-order valence-corrected chi connectivity index (χ3v) is 4.95. The summed E-state index contributed by atoms with van der Waals surface area (Å²) in [6.45, 7) is 3.37. The summed E-state index contributed by atoms with van der Waals surface area (Å²) in [4.78, 5) is 0. The highest BCUT2D eigenvalue weighted by Gasteiger charge is 2.26. The molecule has 2 N–H and O–H groups in total. The Balaban J connectivity index is 1.68. The van der Waals surface area contributed by atoms with Crippen LogP contribution in [0.5, 0.6) is 0 Å². The average molecular weight is 239 g/mol. The minimum atomic E-state index is -0.0309. The van der Waals surface area contributed by atoms with Crippen LogP contribution in [0.2, 0.25) is 0 Å². The Hall–Kier alpha value is -0.0800. The average Bonchev–Trinajstić information content (AvgIpc) is 2.63. The van der Waals surface area contributed by atoms with Gasteiger partial charge in [-0.3, -0.25) is 0 Å². The summed E-state index contributed by atoms with van der Waals surface area (Å²) >= 11 is 0. The minimum absolute atomic E-state index is 0.0309. The van der Waals surface area contributed by atoms with Gasteiger partial charge in [-0.05, 0) is 43.9 Å². The van der Waals surface area contributed by atoms with Crippen LogP contribution >= 0.6 is 0 Å². The van der Waals surface area contributed by atoms with Gasteiger partial charge in [0.1, 0.15) is 0 Å². The van der Waals surface area contributed by atoms with Crippen molar-refractivity contribution in [3.8, 4) is 0 Å². The van der Waals surface area contributed by atoms with E-state index in [2.05, 4.69) is 12.2 Å². The van der Waals surface area contributed by atoms with E-state index in [4.69, 9.17) is 0 Å². The highest BCUT2D eigenvalue weighted by atomic mass is 16.3. The van der Waals surface area contributed by atoms with Gasteiger partial charge in [0, 0.05) is 12.6 Å². The van der Waals surface area contributed by atoms with Gasteiger partial charge in [0.05, 0.1) is 6.10 Å². The summed E-state index contributed by atoms with van der Waals surface area (Å²) in [6, 6.07) is 0.722. The molecule has 2 nitrogen and oxygen atoms in total. The van der Waals surface area contributed by atoms with E-state index in [0.29, 0.717) is 5.92 Å². The predicted octanol–water partition coefficient (Wildman–Crippen LogP) is 3.10. The minimum Gasteiger partial charge on any atom is -0.393 e. The first-order valence-corrected chi connectivity index (χ1v) is 7.71.